The summed E-state index contributed by atoms with van der Waals surface area (Å²) in [7, 11) is 0. The van der Waals surface area contributed by atoms with E-state index < -0.39 is 12.1 Å². The summed E-state index contributed by atoms with van der Waals surface area (Å²) in [6, 6.07) is 1.53. The molecule has 16 heavy (non-hydrogen) atoms. The molecule has 0 radical (unpaired) electrons. The van der Waals surface area contributed by atoms with Crippen molar-refractivity contribution in [2.24, 2.45) is 5.73 Å². The molecule has 1 amide bonds. The molecule has 5 heteroatoms. The van der Waals surface area contributed by atoms with Crippen molar-refractivity contribution < 1.29 is 9.90 Å². The van der Waals surface area contributed by atoms with Gasteiger partial charge >= 0.3 is 0 Å². The third-order valence-corrected chi connectivity index (χ3v) is 3.41. The van der Waals surface area contributed by atoms with Gasteiger partial charge in [-0.25, -0.2) is 0 Å². The van der Waals surface area contributed by atoms with E-state index in [4.69, 9.17) is 5.73 Å². The van der Waals surface area contributed by atoms with Gasteiger partial charge in [0.25, 0.3) is 5.91 Å². The second kappa shape index (κ2) is 5.98. The van der Waals surface area contributed by atoms with E-state index in [1.165, 1.54) is 11.3 Å². The lowest BCUT2D eigenvalue weighted by Crippen LogP contribution is -2.43. The van der Waals surface area contributed by atoms with Crippen LogP contribution in [0.1, 0.15) is 29.1 Å². The number of carbonyl (C=O) groups excluding carboxylic acids is 1. The van der Waals surface area contributed by atoms with Crippen LogP contribution in [0.4, 0.5) is 0 Å². The summed E-state index contributed by atoms with van der Waals surface area (Å²) in [5.41, 5.74) is 6.68. The summed E-state index contributed by atoms with van der Waals surface area (Å²) < 4.78 is 0. The molecule has 1 aromatic heterocycles. The van der Waals surface area contributed by atoms with Gasteiger partial charge in [0.1, 0.15) is 0 Å². The Bertz CT molecular complexity index is 350. The van der Waals surface area contributed by atoms with Crippen LogP contribution in [0.2, 0.25) is 0 Å². The standard InChI is InChI=1S/C11H18N2O2S/c1-3-8-4-5-16-10(8)11(15)13-6-9(12)7(2)14/h4-5,7,9,14H,3,6,12H2,1-2H3,(H,13,15). The van der Waals surface area contributed by atoms with E-state index in [2.05, 4.69) is 5.32 Å². The van der Waals surface area contributed by atoms with Crippen LogP contribution in [0.25, 0.3) is 0 Å². The Morgan fingerprint density at radius 2 is 2.38 bits per heavy atom. The molecule has 4 N–H and O–H groups in total. The molecule has 0 aliphatic rings. The zero-order chi connectivity index (χ0) is 12.1. The van der Waals surface area contributed by atoms with Crippen LogP contribution in [-0.4, -0.2) is 29.7 Å². The maximum Gasteiger partial charge on any atom is 0.261 e. The largest absolute Gasteiger partial charge is 0.392 e. The fraction of sp³-hybridized carbons (Fsp3) is 0.545. The van der Waals surface area contributed by atoms with Gasteiger partial charge in [-0.15, -0.1) is 11.3 Å². The van der Waals surface area contributed by atoms with Crippen molar-refractivity contribution in [3.05, 3.63) is 21.9 Å². The topological polar surface area (TPSA) is 75.4 Å². The first-order valence-corrected chi connectivity index (χ1v) is 6.22. The molecule has 0 aliphatic carbocycles. The number of hydrogen-bond acceptors (Lipinski definition) is 4. The first-order valence-electron chi connectivity index (χ1n) is 5.34. The lowest BCUT2D eigenvalue weighted by molar-refractivity contribution is 0.0941. The smallest absolute Gasteiger partial charge is 0.261 e. The lowest BCUT2D eigenvalue weighted by atomic mass is 10.2. The van der Waals surface area contributed by atoms with Crippen molar-refractivity contribution in [2.45, 2.75) is 32.4 Å². The molecule has 1 rings (SSSR count). The minimum Gasteiger partial charge on any atom is -0.392 e. The Morgan fingerprint density at radius 1 is 1.69 bits per heavy atom. The third-order valence-electron chi connectivity index (χ3n) is 2.45. The van der Waals surface area contributed by atoms with Gasteiger partial charge in [-0.1, -0.05) is 6.92 Å². The van der Waals surface area contributed by atoms with Gasteiger partial charge in [-0.05, 0) is 30.4 Å². The minimum atomic E-state index is -0.616. The quantitative estimate of drug-likeness (QED) is 0.713. The van der Waals surface area contributed by atoms with Gasteiger partial charge in [-0.2, -0.15) is 0 Å². The second-order valence-electron chi connectivity index (χ2n) is 3.74. The van der Waals surface area contributed by atoms with E-state index in [1.807, 2.05) is 18.4 Å². The number of thiophene rings is 1. The highest BCUT2D eigenvalue weighted by atomic mass is 32.1. The summed E-state index contributed by atoms with van der Waals surface area (Å²) in [4.78, 5) is 12.5. The number of nitrogens with one attached hydrogen (secondary N) is 1. The summed E-state index contributed by atoms with van der Waals surface area (Å²) in [6.07, 6.45) is 0.226. The van der Waals surface area contributed by atoms with Crippen molar-refractivity contribution in [3.63, 3.8) is 0 Å². The molecule has 0 aliphatic heterocycles. The summed E-state index contributed by atoms with van der Waals surface area (Å²) >= 11 is 1.43. The number of amides is 1. The van der Waals surface area contributed by atoms with Gasteiger partial charge < -0.3 is 16.2 Å². The van der Waals surface area contributed by atoms with Gasteiger partial charge in [-0.3, -0.25) is 4.79 Å². The van der Waals surface area contributed by atoms with Crippen molar-refractivity contribution in [3.8, 4) is 0 Å². The molecule has 1 heterocycles. The zero-order valence-electron chi connectivity index (χ0n) is 9.56. The van der Waals surface area contributed by atoms with E-state index in [-0.39, 0.29) is 12.5 Å². The zero-order valence-corrected chi connectivity index (χ0v) is 10.4. The molecular formula is C11H18N2O2S. The number of aliphatic hydroxyl groups is 1. The van der Waals surface area contributed by atoms with E-state index >= 15 is 0 Å². The fourth-order valence-corrected chi connectivity index (χ4v) is 2.19. The summed E-state index contributed by atoms with van der Waals surface area (Å²) in [6.45, 7) is 3.91. The SMILES string of the molecule is CCc1ccsc1C(=O)NCC(N)C(C)O. The van der Waals surface area contributed by atoms with Crippen LogP contribution in [0.5, 0.6) is 0 Å². The number of aliphatic hydroxyl groups excluding tert-OH is 1. The molecule has 0 saturated carbocycles. The summed E-state index contributed by atoms with van der Waals surface area (Å²) in [5, 5.41) is 13.8. The minimum absolute atomic E-state index is 0.108. The van der Waals surface area contributed by atoms with Crippen LogP contribution in [-0.2, 0) is 6.42 Å². The number of hydrogen-bond donors (Lipinski definition) is 3. The number of carbonyl (C=O) groups is 1. The maximum absolute atomic E-state index is 11.8. The highest BCUT2D eigenvalue weighted by molar-refractivity contribution is 7.12. The van der Waals surface area contributed by atoms with Gasteiger partial charge in [0.2, 0.25) is 0 Å². The number of nitrogens with two attached hydrogens (primary N) is 1. The Balaban J connectivity index is 2.53. The summed E-state index contributed by atoms with van der Waals surface area (Å²) in [5.74, 6) is -0.108. The van der Waals surface area contributed by atoms with Crippen molar-refractivity contribution in [1.82, 2.24) is 5.32 Å². The molecule has 2 unspecified atom stereocenters. The average Bonchev–Trinajstić information content (AvgIpc) is 2.73. The highest BCUT2D eigenvalue weighted by Crippen LogP contribution is 2.16. The monoisotopic (exact) mass is 242 g/mol. The predicted molar refractivity (Wildman–Crippen MR) is 65.7 cm³/mol. The van der Waals surface area contributed by atoms with Gasteiger partial charge in [0.05, 0.1) is 11.0 Å². The molecule has 0 fully saturated rings. The molecular weight excluding hydrogens is 224 g/mol. The predicted octanol–water partition coefficient (Wildman–Crippen LogP) is 0.748. The molecule has 1 aromatic rings. The van der Waals surface area contributed by atoms with Crippen LogP contribution < -0.4 is 11.1 Å². The van der Waals surface area contributed by atoms with E-state index in [9.17, 15) is 9.90 Å². The Kier molecular flexibility index (Phi) is 4.92. The van der Waals surface area contributed by atoms with Crippen LogP contribution >= 0.6 is 11.3 Å². The third kappa shape index (κ3) is 3.30. The lowest BCUT2D eigenvalue weighted by Gasteiger charge is -2.15. The molecule has 0 spiro atoms. The molecule has 0 saturated heterocycles. The second-order valence-corrected chi connectivity index (χ2v) is 4.66. The van der Waals surface area contributed by atoms with E-state index in [1.54, 1.807) is 6.92 Å². The average molecular weight is 242 g/mol. The fourth-order valence-electron chi connectivity index (χ4n) is 1.27. The molecule has 0 bridgehead atoms. The normalized spacial score (nSPS) is 14.5. The highest BCUT2D eigenvalue weighted by Gasteiger charge is 2.14. The molecule has 2 atom stereocenters. The number of aryl methyl sites for hydroxylation is 1. The maximum atomic E-state index is 11.8. The van der Waals surface area contributed by atoms with Crippen LogP contribution in [0, 0.1) is 0 Å². The van der Waals surface area contributed by atoms with Crippen LogP contribution in [0.3, 0.4) is 0 Å². The van der Waals surface area contributed by atoms with Gasteiger partial charge in [0, 0.05) is 12.6 Å². The number of rotatable bonds is 5. The van der Waals surface area contributed by atoms with Crippen molar-refractivity contribution in [2.75, 3.05) is 6.54 Å². The first-order chi connectivity index (χ1) is 7.56. The first kappa shape index (κ1) is 13.2. The Hall–Kier alpha value is -0.910. The molecule has 0 aromatic carbocycles. The van der Waals surface area contributed by atoms with Gasteiger partial charge in [0.15, 0.2) is 0 Å². The van der Waals surface area contributed by atoms with Crippen molar-refractivity contribution >= 4 is 17.2 Å². The Morgan fingerprint density at radius 3 is 2.94 bits per heavy atom. The van der Waals surface area contributed by atoms with Crippen molar-refractivity contribution in [1.29, 1.82) is 0 Å². The molecule has 4 nitrogen and oxygen atoms in total. The van der Waals surface area contributed by atoms with Crippen LogP contribution in [0.15, 0.2) is 11.4 Å². The molecule has 90 valence electrons. The van der Waals surface area contributed by atoms with E-state index in [0.29, 0.717) is 0 Å². The van der Waals surface area contributed by atoms with E-state index in [0.717, 1.165) is 16.9 Å². The Labute approximate surface area is 99.5 Å².